The van der Waals surface area contributed by atoms with Gasteiger partial charge in [0.1, 0.15) is 0 Å². The quantitative estimate of drug-likeness (QED) is 0.791. The molecule has 0 saturated heterocycles. The summed E-state index contributed by atoms with van der Waals surface area (Å²) in [6, 6.07) is 6.11. The molecule has 1 rings (SSSR count). The monoisotopic (exact) mass is 205 g/mol. The van der Waals surface area contributed by atoms with E-state index >= 15 is 0 Å². The third kappa shape index (κ3) is 3.96. The van der Waals surface area contributed by atoms with E-state index in [9.17, 15) is 0 Å². The van der Waals surface area contributed by atoms with Gasteiger partial charge in [-0.1, -0.05) is 6.07 Å². The van der Waals surface area contributed by atoms with Crippen molar-refractivity contribution in [1.82, 2.24) is 10.3 Å². The number of hydrogen-bond donors (Lipinski definition) is 1. The van der Waals surface area contributed by atoms with E-state index in [1.165, 1.54) is 0 Å². The Balaban J connectivity index is 2.41. The molecule has 0 saturated carbocycles. The van der Waals surface area contributed by atoms with Crippen molar-refractivity contribution in [3.8, 4) is 11.9 Å². The number of methoxy groups -OCH3 is 1. The van der Waals surface area contributed by atoms with Crippen molar-refractivity contribution in [3.05, 3.63) is 23.9 Å². The summed E-state index contributed by atoms with van der Waals surface area (Å²) >= 11 is 0. The number of nitrogens with one attached hydrogen (secondary N) is 1. The van der Waals surface area contributed by atoms with Gasteiger partial charge in [-0.15, -0.1) is 0 Å². The van der Waals surface area contributed by atoms with Gasteiger partial charge in [-0.3, -0.25) is 0 Å². The number of aromatic nitrogens is 1. The lowest BCUT2D eigenvalue weighted by atomic mass is 10.2. The van der Waals surface area contributed by atoms with Crippen LogP contribution in [0.25, 0.3) is 0 Å². The third-order valence-corrected chi connectivity index (χ3v) is 2.06. The average Bonchev–Trinajstić information content (AvgIpc) is 2.27. The van der Waals surface area contributed by atoms with Crippen LogP contribution < -0.4 is 10.1 Å². The Hall–Kier alpha value is -1.60. The summed E-state index contributed by atoms with van der Waals surface area (Å²) in [6.45, 7) is 2.71. The third-order valence-electron chi connectivity index (χ3n) is 2.06. The number of rotatable bonds is 5. The zero-order valence-corrected chi connectivity index (χ0v) is 9.03. The van der Waals surface area contributed by atoms with Crippen molar-refractivity contribution in [1.29, 1.82) is 5.26 Å². The van der Waals surface area contributed by atoms with Crippen molar-refractivity contribution in [2.24, 2.45) is 0 Å². The molecule has 0 amide bonds. The first-order valence-corrected chi connectivity index (χ1v) is 4.85. The molecule has 0 aliphatic rings. The van der Waals surface area contributed by atoms with Crippen molar-refractivity contribution in [2.75, 3.05) is 7.11 Å². The van der Waals surface area contributed by atoms with Gasteiger partial charge in [-0.2, -0.15) is 5.26 Å². The highest BCUT2D eigenvalue weighted by atomic mass is 16.5. The van der Waals surface area contributed by atoms with E-state index in [2.05, 4.69) is 16.4 Å². The molecular weight excluding hydrogens is 190 g/mol. The van der Waals surface area contributed by atoms with E-state index in [-0.39, 0.29) is 6.04 Å². The highest BCUT2D eigenvalue weighted by Gasteiger charge is 2.00. The van der Waals surface area contributed by atoms with Gasteiger partial charge in [0.15, 0.2) is 0 Å². The molecule has 0 aromatic carbocycles. The normalized spacial score (nSPS) is 11.8. The van der Waals surface area contributed by atoms with E-state index in [1.54, 1.807) is 13.3 Å². The zero-order chi connectivity index (χ0) is 11.1. The molecule has 4 heteroatoms. The molecule has 0 radical (unpaired) electrons. The first kappa shape index (κ1) is 11.5. The van der Waals surface area contributed by atoms with E-state index in [4.69, 9.17) is 10.00 Å². The highest BCUT2D eigenvalue weighted by Crippen LogP contribution is 2.06. The van der Waals surface area contributed by atoms with E-state index in [1.807, 2.05) is 19.1 Å². The van der Waals surface area contributed by atoms with Gasteiger partial charge < -0.3 is 10.1 Å². The van der Waals surface area contributed by atoms with Crippen LogP contribution in [0.2, 0.25) is 0 Å². The molecule has 1 atom stereocenters. The summed E-state index contributed by atoms with van der Waals surface area (Å²) in [7, 11) is 1.59. The lowest BCUT2D eigenvalue weighted by molar-refractivity contribution is 0.397. The molecule has 1 heterocycles. The van der Waals surface area contributed by atoms with Crippen LogP contribution in [0.3, 0.4) is 0 Å². The molecule has 1 aromatic heterocycles. The van der Waals surface area contributed by atoms with Gasteiger partial charge >= 0.3 is 0 Å². The summed E-state index contributed by atoms with van der Waals surface area (Å²) in [5.74, 6) is 0.615. The minimum Gasteiger partial charge on any atom is -0.481 e. The Bertz CT molecular complexity index is 329. The van der Waals surface area contributed by atoms with Crippen LogP contribution in [0.15, 0.2) is 18.3 Å². The fraction of sp³-hybridized carbons (Fsp3) is 0.455. The fourth-order valence-electron chi connectivity index (χ4n) is 1.14. The molecule has 1 aromatic rings. The smallest absolute Gasteiger partial charge is 0.212 e. The first-order chi connectivity index (χ1) is 7.26. The number of hydrogen-bond acceptors (Lipinski definition) is 4. The van der Waals surface area contributed by atoms with Crippen LogP contribution in [0.5, 0.6) is 5.88 Å². The molecule has 0 spiro atoms. The van der Waals surface area contributed by atoms with Crippen LogP contribution in [0.1, 0.15) is 18.9 Å². The second kappa shape index (κ2) is 5.99. The van der Waals surface area contributed by atoms with Crippen LogP contribution in [0, 0.1) is 11.3 Å². The van der Waals surface area contributed by atoms with Crippen molar-refractivity contribution in [2.45, 2.75) is 25.9 Å². The van der Waals surface area contributed by atoms with Crippen LogP contribution in [-0.4, -0.2) is 18.1 Å². The summed E-state index contributed by atoms with van der Waals surface area (Å²) in [4.78, 5) is 4.09. The average molecular weight is 205 g/mol. The van der Waals surface area contributed by atoms with E-state index < -0.39 is 0 Å². The Morgan fingerprint density at radius 1 is 1.60 bits per heavy atom. The van der Waals surface area contributed by atoms with Gasteiger partial charge in [-0.25, -0.2) is 4.98 Å². The summed E-state index contributed by atoms with van der Waals surface area (Å²) in [5.41, 5.74) is 1.08. The van der Waals surface area contributed by atoms with Crippen molar-refractivity contribution >= 4 is 0 Å². The fourth-order valence-corrected chi connectivity index (χ4v) is 1.14. The van der Waals surface area contributed by atoms with Gasteiger partial charge in [0.25, 0.3) is 0 Å². The highest BCUT2D eigenvalue weighted by molar-refractivity contribution is 5.17. The second-order valence-corrected chi connectivity index (χ2v) is 3.35. The number of nitriles is 1. The molecule has 0 aliphatic carbocycles. The van der Waals surface area contributed by atoms with E-state index in [0.29, 0.717) is 12.3 Å². The Kier molecular flexibility index (Phi) is 4.58. The maximum Gasteiger partial charge on any atom is 0.212 e. The van der Waals surface area contributed by atoms with Gasteiger partial charge in [0.2, 0.25) is 5.88 Å². The zero-order valence-electron chi connectivity index (χ0n) is 9.03. The second-order valence-electron chi connectivity index (χ2n) is 3.35. The van der Waals surface area contributed by atoms with Crippen molar-refractivity contribution < 1.29 is 4.74 Å². The summed E-state index contributed by atoms with van der Waals surface area (Å²) < 4.78 is 4.96. The van der Waals surface area contributed by atoms with Gasteiger partial charge in [-0.05, 0) is 12.5 Å². The van der Waals surface area contributed by atoms with Crippen molar-refractivity contribution in [3.63, 3.8) is 0 Å². The van der Waals surface area contributed by atoms with Gasteiger partial charge in [0.05, 0.1) is 19.6 Å². The minimum atomic E-state index is 0.206. The SMILES string of the molecule is COc1ccc(CNC(C)CC#N)cn1. The predicted molar refractivity (Wildman–Crippen MR) is 57.3 cm³/mol. The number of ether oxygens (including phenoxy) is 1. The molecule has 1 unspecified atom stereocenters. The minimum absolute atomic E-state index is 0.206. The Labute approximate surface area is 89.9 Å². The molecule has 80 valence electrons. The topological polar surface area (TPSA) is 57.9 Å². The first-order valence-electron chi connectivity index (χ1n) is 4.85. The molecule has 0 fully saturated rings. The number of nitrogens with zero attached hydrogens (tertiary/aromatic N) is 2. The van der Waals surface area contributed by atoms with Gasteiger partial charge in [0, 0.05) is 24.8 Å². The standard InChI is InChI=1S/C11H15N3O/c1-9(5-6-12)13-7-10-3-4-11(15-2)14-8-10/h3-4,8-9,13H,5,7H2,1-2H3. The van der Waals surface area contributed by atoms with E-state index in [0.717, 1.165) is 12.1 Å². The predicted octanol–water partition coefficient (Wildman–Crippen LogP) is 1.48. The molecule has 0 bridgehead atoms. The number of pyridine rings is 1. The molecule has 0 aliphatic heterocycles. The summed E-state index contributed by atoms with van der Waals surface area (Å²) in [6.07, 6.45) is 2.29. The lowest BCUT2D eigenvalue weighted by Crippen LogP contribution is -2.24. The molecule has 4 nitrogen and oxygen atoms in total. The van der Waals surface area contributed by atoms with Crippen LogP contribution >= 0.6 is 0 Å². The molecular formula is C11H15N3O. The Morgan fingerprint density at radius 3 is 2.93 bits per heavy atom. The molecule has 1 N–H and O–H groups in total. The Morgan fingerprint density at radius 2 is 2.40 bits per heavy atom. The van der Waals surface area contributed by atoms with Crippen LogP contribution in [0.4, 0.5) is 0 Å². The lowest BCUT2D eigenvalue weighted by Gasteiger charge is -2.09. The maximum atomic E-state index is 8.48. The largest absolute Gasteiger partial charge is 0.481 e. The molecule has 15 heavy (non-hydrogen) atoms. The summed E-state index contributed by atoms with van der Waals surface area (Å²) in [5, 5.41) is 11.7. The van der Waals surface area contributed by atoms with Crippen LogP contribution in [-0.2, 0) is 6.54 Å². The maximum absolute atomic E-state index is 8.48.